The first-order chi connectivity index (χ1) is 12.7. The highest BCUT2D eigenvalue weighted by Crippen LogP contribution is 2.25. The summed E-state index contributed by atoms with van der Waals surface area (Å²) in [6, 6.07) is 6.84. The summed E-state index contributed by atoms with van der Waals surface area (Å²) in [4.78, 5) is 14.4. The summed E-state index contributed by atoms with van der Waals surface area (Å²) in [5.74, 6) is 1.75. The fraction of sp³-hybridized carbons (Fsp3) is 0.667. The van der Waals surface area contributed by atoms with Gasteiger partial charge in [0.15, 0.2) is 0 Å². The Kier molecular flexibility index (Phi) is 6.92. The standard InChI is InChI=1S/C21H32N2O3/c1-25-15-18-12-17(5-9-20(18)26-2)14-23-11-3-4-16(13-23)6-10-21(24)22-19-7-8-19/h5,9,12,16,19H,3-4,6-8,10-11,13-15H2,1-2H3,(H,22,24)/t16-/m1/s1. The van der Waals surface area contributed by atoms with Gasteiger partial charge in [-0.1, -0.05) is 6.07 Å². The first kappa shape index (κ1) is 19.2. The van der Waals surface area contributed by atoms with E-state index in [1.807, 2.05) is 6.07 Å². The summed E-state index contributed by atoms with van der Waals surface area (Å²) in [5, 5.41) is 3.10. The molecule has 3 rings (SSSR count). The van der Waals surface area contributed by atoms with Gasteiger partial charge in [-0.3, -0.25) is 9.69 Å². The smallest absolute Gasteiger partial charge is 0.220 e. The van der Waals surface area contributed by atoms with E-state index in [0.717, 1.165) is 50.2 Å². The van der Waals surface area contributed by atoms with Crippen LogP contribution in [0.25, 0.3) is 0 Å². The predicted molar refractivity (Wildman–Crippen MR) is 102 cm³/mol. The molecule has 0 unspecified atom stereocenters. The molecule has 5 nitrogen and oxygen atoms in total. The van der Waals surface area contributed by atoms with Gasteiger partial charge in [0.05, 0.1) is 13.7 Å². The van der Waals surface area contributed by atoms with Crippen LogP contribution in [0.2, 0.25) is 0 Å². The highest BCUT2D eigenvalue weighted by Gasteiger charge is 2.25. The summed E-state index contributed by atoms with van der Waals surface area (Å²) in [5.41, 5.74) is 2.39. The SMILES string of the molecule is COCc1cc(CN2CCC[C@H](CCC(=O)NC3CC3)C2)ccc1OC. The van der Waals surface area contributed by atoms with Crippen LogP contribution in [-0.2, 0) is 22.7 Å². The van der Waals surface area contributed by atoms with Gasteiger partial charge in [-0.2, -0.15) is 0 Å². The van der Waals surface area contributed by atoms with Gasteiger partial charge >= 0.3 is 0 Å². The Hall–Kier alpha value is -1.59. The minimum absolute atomic E-state index is 0.240. The van der Waals surface area contributed by atoms with Crippen LogP contribution in [0.5, 0.6) is 5.75 Å². The van der Waals surface area contributed by atoms with E-state index in [0.29, 0.717) is 25.0 Å². The Labute approximate surface area is 157 Å². The highest BCUT2D eigenvalue weighted by atomic mass is 16.5. The van der Waals surface area contributed by atoms with E-state index in [4.69, 9.17) is 9.47 Å². The van der Waals surface area contributed by atoms with Crippen LogP contribution in [0.4, 0.5) is 0 Å². The number of carbonyl (C=O) groups excluding carboxylic acids is 1. The minimum atomic E-state index is 0.240. The lowest BCUT2D eigenvalue weighted by atomic mass is 9.93. The number of rotatable bonds is 9. The number of hydrogen-bond acceptors (Lipinski definition) is 4. The van der Waals surface area contributed by atoms with Crippen LogP contribution >= 0.6 is 0 Å². The second-order valence-corrected chi connectivity index (χ2v) is 7.70. The van der Waals surface area contributed by atoms with Gasteiger partial charge < -0.3 is 14.8 Å². The molecule has 0 aromatic heterocycles. The van der Waals surface area contributed by atoms with Crippen LogP contribution in [0, 0.1) is 5.92 Å². The minimum Gasteiger partial charge on any atom is -0.496 e. The van der Waals surface area contributed by atoms with E-state index >= 15 is 0 Å². The van der Waals surface area contributed by atoms with Gasteiger partial charge in [0.2, 0.25) is 5.91 Å². The average Bonchev–Trinajstić information content (AvgIpc) is 3.45. The van der Waals surface area contributed by atoms with Crippen molar-refractivity contribution in [1.29, 1.82) is 0 Å². The average molecular weight is 360 g/mol. The number of methoxy groups -OCH3 is 2. The number of carbonyl (C=O) groups is 1. The molecule has 1 aliphatic heterocycles. The highest BCUT2D eigenvalue weighted by molar-refractivity contribution is 5.76. The summed E-state index contributed by atoms with van der Waals surface area (Å²) in [7, 11) is 3.41. The van der Waals surface area contributed by atoms with Gasteiger partial charge in [-0.05, 0) is 62.3 Å². The summed E-state index contributed by atoms with van der Waals surface area (Å²) >= 11 is 0. The molecule has 26 heavy (non-hydrogen) atoms. The maximum atomic E-state index is 11.9. The molecule has 1 saturated carbocycles. The Bertz CT molecular complexity index is 601. The van der Waals surface area contributed by atoms with E-state index in [1.165, 1.54) is 18.4 Å². The molecule has 2 fully saturated rings. The van der Waals surface area contributed by atoms with Crippen molar-refractivity contribution < 1.29 is 14.3 Å². The van der Waals surface area contributed by atoms with Crippen molar-refractivity contribution in [1.82, 2.24) is 10.2 Å². The number of ether oxygens (including phenoxy) is 2. The molecule has 1 heterocycles. The zero-order valence-electron chi connectivity index (χ0n) is 16.1. The molecule has 0 spiro atoms. The molecule has 144 valence electrons. The first-order valence-electron chi connectivity index (χ1n) is 9.84. The molecular formula is C21H32N2O3. The quantitative estimate of drug-likeness (QED) is 0.735. The molecule has 5 heteroatoms. The van der Waals surface area contributed by atoms with Crippen molar-refractivity contribution in [3.8, 4) is 5.75 Å². The van der Waals surface area contributed by atoms with Crippen LogP contribution in [-0.4, -0.2) is 44.2 Å². The monoisotopic (exact) mass is 360 g/mol. The number of benzene rings is 1. The molecule has 1 atom stereocenters. The van der Waals surface area contributed by atoms with E-state index in [9.17, 15) is 4.79 Å². The van der Waals surface area contributed by atoms with Crippen LogP contribution in [0.1, 0.15) is 49.7 Å². The van der Waals surface area contributed by atoms with Crippen molar-refractivity contribution in [2.24, 2.45) is 5.92 Å². The normalized spacial score (nSPS) is 20.8. The van der Waals surface area contributed by atoms with Crippen molar-refractivity contribution in [3.63, 3.8) is 0 Å². The molecule has 1 aromatic carbocycles. The maximum absolute atomic E-state index is 11.9. The summed E-state index contributed by atoms with van der Waals surface area (Å²) in [6.45, 7) is 3.74. The third kappa shape index (κ3) is 5.71. The van der Waals surface area contributed by atoms with Gasteiger partial charge in [0.25, 0.3) is 0 Å². The van der Waals surface area contributed by atoms with Crippen LogP contribution < -0.4 is 10.1 Å². The zero-order chi connectivity index (χ0) is 18.4. The molecular weight excluding hydrogens is 328 g/mol. The zero-order valence-corrected chi connectivity index (χ0v) is 16.1. The molecule has 1 N–H and O–H groups in total. The number of piperidine rings is 1. The lowest BCUT2D eigenvalue weighted by molar-refractivity contribution is -0.121. The molecule has 1 aliphatic carbocycles. The molecule has 1 aromatic rings. The van der Waals surface area contributed by atoms with Crippen molar-refractivity contribution in [2.45, 2.75) is 57.7 Å². The largest absolute Gasteiger partial charge is 0.496 e. The number of nitrogens with one attached hydrogen (secondary N) is 1. The van der Waals surface area contributed by atoms with E-state index in [1.54, 1.807) is 14.2 Å². The van der Waals surface area contributed by atoms with Gasteiger partial charge in [-0.15, -0.1) is 0 Å². The molecule has 1 saturated heterocycles. The van der Waals surface area contributed by atoms with Gasteiger partial charge in [0.1, 0.15) is 5.75 Å². The maximum Gasteiger partial charge on any atom is 0.220 e. The van der Waals surface area contributed by atoms with E-state index in [-0.39, 0.29) is 5.91 Å². The summed E-state index contributed by atoms with van der Waals surface area (Å²) in [6.07, 6.45) is 6.47. The first-order valence-corrected chi connectivity index (χ1v) is 9.84. The van der Waals surface area contributed by atoms with Gasteiger partial charge in [-0.25, -0.2) is 0 Å². The second-order valence-electron chi connectivity index (χ2n) is 7.70. The Morgan fingerprint density at radius 3 is 2.85 bits per heavy atom. The Morgan fingerprint density at radius 1 is 1.27 bits per heavy atom. The van der Waals surface area contributed by atoms with E-state index < -0.39 is 0 Å². The molecule has 0 radical (unpaired) electrons. The number of amides is 1. The lowest BCUT2D eigenvalue weighted by Crippen LogP contribution is -2.35. The number of likely N-dealkylation sites (tertiary alicyclic amines) is 1. The third-order valence-corrected chi connectivity index (χ3v) is 5.38. The summed E-state index contributed by atoms with van der Waals surface area (Å²) < 4.78 is 10.7. The Morgan fingerprint density at radius 2 is 2.12 bits per heavy atom. The molecule has 0 bridgehead atoms. The topological polar surface area (TPSA) is 50.8 Å². The van der Waals surface area contributed by atoms with Gasteiger partial charge in [0, 0.05) is 38.2 Å². The fourth-order valence-corrected chi connectivity index (χ4v) is 3.85. The lowest BCUT2D eigenvalue weighted by Gasteiger charge is -2.33. The van der Waals surface area contributed by atoms with E-state index in [2.05, 4.69) is 22.3 Å². The van der Waals surface area contributed by atoms with Crippen LogP contribution in [0.15, 0.2) is 18.2 Å². The van der Waals surface area contributed by atoms with Crippen molar-refractivity contribution >= 4 is 5.91 Å². The number of nitrogens with zero attached hydrogens (tertiary/aromatic N) is 1. The van der Waals surface area contributed by atoms with Crippen LogP contribution in [0.3, 0.4) is 0 Å². The van der Waals surface area contributed by atoms with Crippen molar-refractivity contribution in [3.05, 3.63) is 29.3 Å². The Balaban J connectivity index is 1.49. The fourth-order valence-electron chi connectivity index (χ4n) is 3.85. The molecule has 2 aliphatic rings. The van der Waals surface area contributed by atoms with Crippen molar-refractivity contribution in [2.75, 3.05) is 27.3 Å². The number of hydrogen-bond donors (Lipinski definition) is 1. The third-order valence-electron chi connectivity index (χ3n) is 5.38. The molecule has 1 amide bonds. The predicted octanol–water partition coefficient (Wildman–Crippen LogP) is 3.11. The second kappa shape index (κ2) is 9.38.